The number of hydrogen-bond donors (Lipinski definition) is 1. The normalized spacial score (nSPS) is 12.5. The molecule has 22 heavy (non-hydrogen) atoms. The minimum Gasteiger partial charge on any atom is -0.454 e. The van der Waals surface area contributed by atoms with E-state index in [1.165, 1.54) is 5.56 Å². The molecule has 0 aliphatic carbocycles. The second kappa shape index (κ2) is 6.76. The second-order valence-corrected chi connectivity index (χ2v) is 4.84. The molecule has 3 rings (SSSR count). The van der Waals surface area contributed by atoms with Gasteiger partial charge >= 0.3 is 0 Å². The number of fused-ring (bicyclic) bond motifs is 1. The molecule has 0 saturated heterocycles. The summed E-state index contributed by atoms with van der Waals surface area (Å²) < 4.78 is 10.4. The molecule has 2 aromatic rings. The summed E-state index contributed by atoms with van der Waals surface area (Å²) in [6.45, 7) is 0.193. The van der Waals surface area contributed by atoms with Crippen LogP contribution in [0.25, 0.3) is 0 Å². The number of carbonyl (C=O) groups is 1. The van der Waals surface area contributed by atoms with Gasteiger partial charge in [-0.1, -0.05) is 30.3 Å². The minimum absolute atomic E-state index is 0.193. The summed E-state index contributed by atoms with van der Waals surface area (Å²) in [4.78, 5) is 12.0. The van der Waals surface area contributed by atoms with Gasteiger partial charge in [-0.05, 0) is 36.6 Å². The van der Waals surface area contributed by atoms with Crippen molar-refractivity contribution in [2.75, 3.05) is 6.79 Å². The van der Waals surface area contributed by atoms with Crippen LogP contribution in [0.5, 0.6) is 11.5 Å². The first kappa shape index (κ1) is 14.1. The fourth-order valence-corrected chi connectivity index (χ4v) is 2.15. The van der Waals surface area contributed by atoms with E-state index in [9.17, 15) is 4.79 Å². The van der Waals surface area contributed by atoms with Gasteiger partial charge in [0.25, 0.3) is 5.91 Å². The van der Waals surface area contributed by atoms with Crippen molar-refractivity contribution in [3.05, 3.63) is 59.7 Å². The summed E-state index contributed by atoms with van der Waals surface area (Å²) in [7, 11) is 0. The Bertz CT molecular complexity index is 684. The molecule has 0 atom stereocenters. The molecule has 1 aliphatic heterocycles. The third-order valence-corrected chi connectivity index (χ3v) is 3.30. The van der Waals surface area contributed by atoms with E-state index in [1.807, 2.05) is 18.2 Å². The van der Waals surface area contributed by atoms with Gasteiger partial charge in [0.15, 0.2) is 11.5 Å². The molecule has 0 fully saturated rings. The Morgan fingerprint density at radius 3 is 2.82 bits per heavy atom. The molecule has 0 saturated carbocycles. The van der Waals surface area contributed by atoms with Crippen LogP contribution in [-0.2, 0) is 6.42 Å². The summed E-state index contributed by atoms with van der Waals surface area (Å²) >= 11 is 0. The van der Waals surface area contributed by atoms with Crippen LogP contribution in [0.1, 0.15) is 22.3 Å². The molecule has 1 heterocycles. The van der Waals surface area contributed by atoms with E-state index in [4.69, 9.17) is 9.47 Å². The largest absolute Gasteiger partial charge is 0.454 e. The smallest absolute Gasteiger partial charge is 0.271 e. The lowest BCUT2D eigenvalue weighted by Crippen LogP contribution is -2.17. The minimum atomic E-state index is -0.269. The lowest BCUT2D eigenvalue weighted by atomic mass is 10.1. The van der Waals surface area contributed by atoms with Crippen molar-refractivity contribution in [2.24, 2.45) is 5.10 Å². The van der Waals surface area contributed by atoms with Crippen molar-refractivity contribution in [1.82, 2.24) is 5.43 Å². The van der Waals surface area contributed by atoms with Gasteiger partial charge in [0.05, 0.1) is 0 Å². The van der Waals surface area contributed by atoms with Crippen molar-refractivity contribution >= 4 is 12.1 Å². The quantitative estimate of drug-likeness (QED) is 0.681. The zero-order valence-electron chi connectivity index (χ0n) is 12.0. The molecule has 5 heteroatoms. The maximum absolute atomic E-state index is 12.0. The lowest BCUT2D eigenvalue weighted by Gasteiger charge is -2.01. The van der Waals surface area contributed by atoms with Gasteiger partial charge in [0.2, 0.25) is 6.79 Å². The number of benzene rings is 2. The maximum Gasteiger partial charge on any atom is 0.271 e. The van der Waals surface area contributed by atoms with Crippen LogP contribution >= 0.6 is 0 Å². The number of ether oxygens (including phenoxy) is 2. The molecule has 112 valence electrons. The molecule has 1 aliphatic rings. The van der Waals surface area contributed by atoms with Crippen LogP contribution in [0.15, 0.2) is 53.6 Å². The molecule has 1 N–H and O–H groups in total. The molecule has 0 aromatic heterocycles. The van der Waals surface area contributed by atoms with E-state index in [1.54, 1.807) is 24.4 Å². The number of carbonyl (C=O) groups excluding carboxylic acids is 1. The van der Waals surface area contributed by atoms with Gasteiger partial charge in [-0.3, -0.25) is 4.79 Å². The number of aryl methyl sites for hydroxylation is 1. The maximum atomic E-state index is 12.0. The fourth-order valence-electron chi connectivity index (χ4n) is 2.15. The summed E-state index contributed by atoms with van der Waals surface area (Å²) in [6.07, 6.45) is 3.37. The number of nitrogens with one attached hydrogen (secondary N) is 1. The van der Waals surface area contributed by atoms with E-state index in [2.05, 4.69) is 22.7 Å². The van der Waals surface area contributed by atoms with E-state index in [-0.39, 0.29) is 12.7 Å². The van der Waals surface area contributed by atoms with Gasteiger partial charge in [-0.2, -0.15) is 5.10 Å². The predicted octanol–water partition coefficient (Wildman–Crippen LogP) is 2.76. The molecular formula is C17H16N2O3. The van der Waals surface area contributed by atoms with Crippen LogP contribution in [0.4, 0.5) is 0 Å². The van der Waals surface area contributed by atoms with Gasteiger partial charge in [-0.15, -0.1) is 0 Å². The van der Waals surface area contributed by atoms with Crippen LogP contribution in [0, 0.1) is 0 Å². The number of hydrazone groups is 1. The number of nitrogens with zero attached hydrogens (tertiary/aromatic N) is 1. The highest BCUT2D eigenvalue weighted by Gasteiger charge is 2.15. The number of hydrogen-bond acceptors (Lipinski definition) is 4. The van der Waals surface area contributed by atoms with Gasteiger partial charge < -0.3 is 9.47 Å². The van der Waals surface area contributed by atoms with Crippen LogP contribution in [0.3, 0.4) is 0 Å². The molecule has 0 unspecified atom stereocenters. The van der Waals surface area contributed by atoms with Crippen LogP contribution < -0.4 is 14.9 Å². The first-order chi connectivity index (χ1) is 10.8. The molecule has 1 amide bonds. The number of amides is 1. The first-order valence-electron chi connectivity index (χ1n) is 7.08. The molecular weight excluding hydrogens is 280 g/mol. The van der Waals surface area contributed by atoms with Gasteiger partial charge in [0, 0.05) is 11.8 Å². The SMILES string of the molecule is O=C(NN=CCCc1ccccc1)c1ccc2c(c1)OCO2. The summed E-state index contributed by atoms with van der Waals surface area (Å²) in [5.41, 5.74) is 4.25. The van der Waals surface area contributed by atoms with E-state index in [0.29, 0.717) is 17.1 Å². The average Bonchev–Trinajstić information content (AvgIpc) is 3.03. The zero-order valence-corrected chi connectivity index (χ0v) is 12.0. The van der Waals surface area contributed by atoms with Gasteiger partial charge in [0.1, 0.15) is 0 Å². The standard InChI is InChI=1S/C17H16N2O3/c20-17(14-8-9-15-16(11-14)22-12-21-15)19-18-10-4-7-13-5-2-1-3-6-13/h1-3,5-6,8-11H,4,7,12H2,(H,19,20). The summed E-state index contributed by atoms with van der Waals surface area (Å²) in [6, 6.07) is 15.2. The predicted molar refractivity (Wildman–Crippen MR) is 83.3 cm³/mol. The van der Waals surface area contributed by atoms with Crippen molar-refractivity contribution in [2.45, 2.75) is 12.8 Å². The molecule has 0 radical (unpaired) electrons. The van der Waals surface area contributed by atoms with Crippen molar-refractivity contribution in [1.29, 1.82) is 0 Å². The summed E-state index contributed by atoms with van der Waals surface area (Å²) in [5.74, 6) is 0.970. The van der Waals surface area contributed by atoms with Crippen LogP contribution in [-0.4, -0.2) is 18.9 Å². The second-order valence-electron chi connectivity index (χ2n) is 4.84. The Hall–Kier alpha value is -2.82. The summed E-state index contributed by atoms with van der Waals surface area (Å²) in [5, 5.41) is 3.96. The van der Waals surface area contributed by atoms with Crippen molar-refractivity contribution < 1.29 is 14.3 Å². The van der Waals surface area contributed by atoms with E-state index >= 15 is 0 Å². The van der Waals surface area contributed by atoms with Crippen molar-refractivity contribution in [3.8, 4) is 11.5 Å². The first-order valence-corrected chi connectivity index (χ1v) is 7.08. The Labute approximate surface area is 128 Å². The monoisotopic (exact) mass is 296 g/mol. The average molecular weight is 296 g/mol. The van der Waals surface area contributed by atoms with E-state index in [0.717, 1.165) is 12.8 Å². The lowest BCUT2D eigenvalue weighted by molar-refractivity contribution is 0.0954. The molecule has 2 aromatic carbocycles. The van der Waals surface area contributed by atoms with Crippen molar-refractivity contribution in [3.63, 3.8) is 0 Å². The molecule has 0 spiro atoms. The highest BCUT2D eigenvalue weighted by atomic mass is 16.7. The van der Waals surface area contributed by atoms with Gasteiger partial charge in [-0.25, -0.2) is 5.43 Å². The Kier molecular flexibility index (Phi) is 4.34. The highest BCUT2D eigenvalue weighted by Crippen LogP contribution is 2.32. The Morgan fingerprint density at radius 1 is 1.14 bits per heavy atom. The topological polar surface area (TPSA) is 59.9 Å². The van der Waals surface area contributed by atoms with Crippen LogP contribution in [0.2, 0.25) is 0 Å². The fraction of sp³-hybridized carbons (Fsp3) is 0.176. The van der Waals surface area contributed by atoms with E-state index < -0.39 is 0 Å². The Balaban J connectivity index is 1.49. The highest BCUT2D eigenvalue weighted by molar-refractivity contribution is 5.95. The number of rotatable bonds is 5. The molecule has 0 bridgehead atoms. The molecule has 5 nitrogen and oxygen atoms in total. The zero-order chi connectivity index (χ0) is 15.2. The Morgan fingerprint density at radius 2 is 1.95 bits per heavy atom. The third kappa shape index (κ3) is 3.44. The third-order valence-electron chi connectivity index (χ3n) is 3.30.